The maximum atomic E-state index is 12.0. The van der Waals surface area contributed by atoms with Crippen molar-refractivity contribution < 1.29 is 48.3 Å². The summed E-state index contributed by atoms with van der Waals surface area (Å²) in [5, 5.41) is 0. The molecule has 98 valence electrons. The minimum atomic E-state index is -7.26. The summed E-state index contributed by atoms with van der Waals surface area (Å²) >= 11 is 0. The summed E-state index contributed by atoms with van der Waals surface area (Å²) in [4.78, 5) is 0. The molecule has 11 heteroatoms. The average molecular weight is 270 g/mol. The molecule has 0 aliphatic rings. The molecule has 0 saturated carbocycles. The maximum Gasteiger partial charge on any atom is 0.460 e. The average Bonchev–Trinajstić information content (AvgIpc) is 2.00. The predicted molar refractivity (Wildman–Crippen MR) is 26.9 cm³/mol. The van der Waals surface area contributed by atoms with E-state index in [9.17, 15) is 48.3 Å². The van der Waals surface area contributed by atoms with E-state index in [2.05, 4.69) is 0 Å². The van der Waals surface area contributed by atoms with Gasteiger partial charge in [0.1, 0.15) is 0 Å². The van der Waals surface area contributed by atoms with Crippen LogP contribution in [0.1, 0.15) is 0 Å². The van der Waals surface area contributed by atoms with Crippen LogP contribution >= 0.6 is 0 Å². The Bertz CT molecular complexity index is 248. The molecule has 0 atom stereocenters. The quantitative estimate of drug-likeness (QED) is 0.685. The SMILES string of the molecule is FC(F)C(F)(F)C(F)(F)C(F)(F)C(F)(F)F. The topological polar surface area (TPSA) is 0 Å². The van der Waals surface area contributed by atoms with Gasteiger partial charge >= 0.3 is 30.4 Å². The third-order valence-electron chi connectivity index (χ3n) is 1.44. The van der Waals surface area contributed by atoms with Gasteiger partial charge in [-0.05, 0) is 0 Å². The van der Waals surface area contributed by atoms with Crippen LogP contribution in [0.4, 0.5) is 48.3 Å². The number of hydrogen-bond donors (Lipinski definition) is 0. The lowest BCUT2D eigenvalue weighted by Crippen LogP contribution is -2.63. The molecular weight excluding hydrogens is 269 g/mol. The van der Waals surface area contributed by atoms with E-state index in [1.165, 1.54) is 0 Å². The first-order chi connectivity index (χ1) is 6.69. The monoisotopic (exact) mass is 270 g/mol. The molecule has 0 bridgehead atoms. The second-order valence-corrected chi connectivity index (χ2v) is 2.57. The largest absolute Gasteiger partial charge is 0.460 e. The third kappa shape index (κ3) is 1.90. The van der Waals surface area contributed by atoms with Gasteiger partial charge in [-0.25, -0.2) is 8.78 Å². The van der Waals surface area contributed by atoms with Crippen LogP contribution in [0.25, 0.3) is 0 Å². The van der Waals surface area contributed by atoms with E-state index in [0.29, 0.717) is 0 Å². The van der Waals surface area contributed by atoms with Gasteiger partial charge in [0.05, 0.1) is 0 Å². The zero-order valence-corrected chi connectivity index (χ0v) is 6.73. The smallest absolute Gasteiger partial charge is 0.203 e. The fraction of sp³-hybridized carbons (Fsp3) is 1.00. The van der Waals surface area contributed by atoms with Crippen molar-refractivity contribution in [1.82, 2.24) is 0 Å². The van der Waals surface area contributed by atoms with Gasteiger partial charge in [0.25, 0.3) is 0 Å². The first kappa shape index (κ1) is 15.2. The van der Waals surface area contributed by atoms with Crippen molar-refractivity contribution in [1.29, 1.82) is 0 Å². The Hall–Kier alpha value is -0.770. The van der Waals surface area contributed by atoms with Gasteiger partial charge in [0.15, 0.2) is 0 Å². The van der Waals surface area contributed by atoms with E-state index >= 15 is 0 Å². The molecule has 0 aromatic rings. The van der Waals surface area contributed by atoms with Gasteiger partial charge < -0.3 is 0 Å². The van der Waals surface area contributed by atoms with E-state index < -0.39 is 30.4 Å². The van der Waals surface area contributed by atoms with Crippen LogP contribution in [-0.4, -0.2) is 30.4 Å². The first-order valence-corrected chi connectivity index (χ1v) is 3.18. The highest BCUT2D eigenvalue weighted by molar-refractivity contribution is 5.01. The van der Waals surface area contributed by atoms with Crippen LogP contribution in [0.2, 0.25) is 0 Å². The molecule has 0 rings (SSSR count). The predicted octanol–water partition coefficient (Wildman–Crippen LogP) is 3.72. The summed E-state index contributed by atoms with van der Waals surface area (Å²) in [6.07, 6.45) is -12.4. The van der Waals surface area contributed by atoms with Gasteiger partial charge in [0, 0.05) is 0 Å². The summed E-state index contributed by atoms with van der Waals surface area (Å²) in [7, 11) is 0. The van der Waals surface area contributed by atoms with Crippen molar-refractivity contribution in [2.24, 2.45) is 0 Å². The third-order valence-corrected chi connectivity index (χ3v) is 1.44. The fourth-order valence-corrected chi connectivity index (χ4v) is 0.524. The number of hydrogen-bond acceptors (Lipinski definition) is 0. The van der Waals surface area contributed by atoms with Crippen molar-refractivity contribution in [3.05, 3.63) is 0 Å². The Morgan fingerprint density at radius 1 is 0.562 bits per heavy atom. The van der Waals surface area contributed by atoms with Crippen LogP contribution in [0.15, 0.2) is 0 Å². The summed E-state index contributed by atoms with van der Waals surface area (Å²) < 4.78 is 128. The Morgan fingerprint density at radius 2 is 0.875 bits per heavy atom. The van der Waals surface area contributed by atoms with Crippen LogP contribution in [0.5, 0.6) is 0 Å². The molecule has 0 aromatic heterocycles. The van der Waals surface area contributed by atoms with E-state index in [1.54, 1.807) is 0 Å². The van der Waals surface area contributed by atoms with Crippen molar-refractivity contribution in [3.63, 3.8) is 0 Å². The highest BCUT2D eigenvalue weighted by Crippen LogP contribution is 2.54. The Kier molecular flexibility index (Phi) is 3.45. The van der Waals surface area contributed by atoms with Gasteiger partial charge in [-0.1, -0.05) is 0 Å². The molecule has 0 N–H and O–H groups in total. The van der Waals surface area contributed by atoms with Gasteiger partial charge in [-0.15, -0.1) is 0 Å². The molecule has 0 unspecified atom stereocenters. The van der Waals surface area contributed by atoms with E-state index in [0.717, 1.165) is 0 Å². The molecule has 0 radical (unpaired) electrons. The molecule has 0 aliphatic carbocycles. The lowest BCUT2D eigenvalue weighted by atomic mass is 10.0. The van der Waals surface area contributed by atoms with Crippen molar-refractivity contribution in [3.8, 4) is 0 Å². The zero-order valence-electron chi connectivity index (χ0n) is 6.73. The lowest BCUT2D eigenvalue weighted by molar-refractivity contribution is -0.408. The van der Waals surface area contributed by atoms with Crippen molar-refractivity contribution >= 4 is 0 Å². The molecule has 0 aliphatic heterocycles. The molecule has 0 spiro atoms. The van der Waals surface area contributed by atoms with Crippen LogP contribution in [0.3, 0.4) is 0 Å². The minimum Gasteiger partial charge on any atom is -0.203 e. The van der Waals surface area contributed by atoms with Crippen LogP contribution < -0.4 is 0 Å². The highest BCUT2D eigenvalue weighted by Gasteiger charge is 2.83. The van der Waals surface area contributed by atoms with E-state index in [4.69, 9.17) is 0 Å². The number of halogens is 11. The summed E-state index contributed by atoms with van der Waals surface area (Å²) in [5.74, 6) is -21.3. The maximum absolute atomic E-state index is 12.0. The van der Waals surface area contributed by atoms with Gasteiger partial charge in [-0.2, -0.15) is 39.5 Å². The van der Waals surface area contributed by atoms with Crippen molar-refractivity contribution in [2.45, 2.75) is 30.4 Å². The molecule has 0 aromatic carbocycles. The van der Waals surface area contributed by atoms with Gasteiger partial charge in [-0.3, -0.25) is 0 Å². The zero-order chi connectivity index (χ0) is 13.6. The van der Waals surface area contributed by atoms with Crippen molar-refractivity contribution in [2.75, 3.05) is 0 Å². The molecule has 0 amide bonds. The summed E-state index contributed by atoms with van der Waals surface area (Å²) in [6, 6.07) is 0. The minimum absolute atomic E-state index is 5.37. The molecule has 0 saturated heterocycles. The molecule has 16 heavy (non-hydrogen) atoms. The Balaban J connectivity index is 5.53. The highest BCUT2D eigenvalue weighted by atomic mass is 19.4. The molecule has 0 nitrogen and oxygen atoms in total. The second-order valence-electron chi connectivity index (χ2n) is 2.57. The fourth-order valence-electron chi connectivity index (χ4n) is 0.524. The standard InChI is InChI=1S/C5HF11/c6-1(7)2(8,9)3(10,11)4(12,13)5(14,15)16/h1H. The second kappa shape index (κ2) is 3.62. The van der Waals surface area contributed by atoms with E-state index in [1.807, 2.05) is 0 Å². The normalized spacial score (nSPS) is 15.8. The van der Waals surface area contributed by atoms with Crippen LogP contribution in [0, 0.1) is 0 Å². The summed E-state index contributed by atoms with van der Waals surface area (Å²) in [5.41, 5.74) is 0. The lowest BCUT2D eigenvalue weighted by Gasteiger charge is -2.32. The first-order valence-electron chi connectivity index (χ1n) is 3.18. The molecule has 0 fully saturated rings. The number of rotatable bonds is 3. The van der Waals surface area contributed by atoms with Crippen LogP contribution in [-0.2, 0) is 0 Å². The molecular formula is C5HF11. The van der Waals surface area contributed by atoms with E-state index in [-0.39, 0.29) is 0 Å². The Morgan fingerprint density at radius 3 is 1.06 bits per heavy atom. The summed E-state index contributed by atoms with van der Waals surface area (Å²) in [6.45, 7) is 0. The van der Waals surface area contributed by atoms with Gasteiger partial charge in [0.2, 0.25) is 0 Å². The Labute approximate surface area is 80.0 Å². The molecule has 0 heterocycles. The number of alkyl halides is 11.